The van der Waals surface area contributed by atoms with Crippen LogP contribution in [0.3, 0.4) is 0 Å². The summed E-state index contributed by atoms with van der Waals surface area (Å²) in [5.74, 6) is 0. The molecule has 0 saturated carbocycles. The highest BCUT2D eigenvalue weighted by Gasteiger charge is 2.09. The van der Waals surface area contributed by atoms with Crippen LogP contribution in [0.2, 0.25) is 0 Å². The van der Waals surface area contributed by atoms with Crippen LogP contribution >= 0.6 is 0 Å². The van der Waals surface area contributed by atoms with E-state index in [9.17, 15) is 0 Å². The van der Waals surface area contributed by atoms with Gasteiger partial charge in [-0.3, -0.25) is 5.32 Å². The van der Waals surface area contributed by atoms with E-state index in [-0.39, 0.29) is 0 Å². The molecule has 1 aliphatic heterocycles. The molecule has 0 amide bonds. The van der Waals surface area contributed by atoms with Crippen LogP contribution in [0.4, 0.5) is 5.69 Å². The van der Waals surface area contributed by atoms with Crippen LogP contribution in [0.25, 0.3) is 6.08 Å². The molecule has 0 unspecified atom stereocenters. The van der Waals surface area contributed by atoms with Crippen LogP contribution in [0.5, 0.6) is 0 Å². The molecule has 1 aliphatic carbocycles. The van der Waals surface area contributed by atoms with Crippen molar-refractivity contribution in [2.75, 3.05) is 18.1 Å². The van der Waals surface area contributed by atoms with Gasteiger partial charge in [0.15, 0.2) is 0 Å². The summed E-state index contributed by atoms with van der Waals surface area (Å²) < 4.78 is 0. The Labute approximate surface area is 89.9 Å². The van der Waals surface area contributed by atoms with Crippen molar-refractivity contribution in [2.24, 2.45) is 0 Å². The van der Waals surface area contributed by atoms with Crippen LogP contribution < -0.4 is 10.2 Å². The first kappa shape index (κ1) is 8.74. The van der Waals surface area contributed by atoms with Crippen molar-refractivity contribution in [2.45, 2.75) is 6.42 Å². The third kappa shape index (κ3) is 1.57. The van der Waals surface area contributed by atoms with Crippen molar-refractivity contribution in [1.82, 2.24) is 5.32 Å². The number of nitrogens with zero attached hydrogens (tertiary/aromatic N) is 1. The molecule has 0 fully saturated rings. The number of benzene rings is 1. The number of hydrogen-bond donors (Lipinski definition) is 1. The molecule has 0 saturated heterocycles. The molecule has 1 aromatic carbocycles. The fraction of sp³-hybridized carbons (Fsp3) is 0.231. The summed E-state index contributed by atoms with van der Waals surface area (Å²) in [5.41, 5.74) is 4.08. The Morgan fingerprint density at radius 1 is 1.20 bits per heavy atom. The normalized spacial score (nSPS) is 18.3. The lowest BCUT2D eigenvalue weighted by atomic mass is 10.1. The van der Waals surface area contributed by atoms with Gasteiger partial charge in [0, 0.05) is 18.4 Å². The molecule has 1 aromatic rings. The first-order chi connectivity index (χ1) is 7.43. The van der Waals surface area contributed by atoms with Gasteiger partial charge in [-0.1, -0.05) is 24.3 Å². The smallest absolute Gasteiger partial charge is 0.0728 e. The van der Waals surface area contributed by atoms with Gasteiger partial charge in [0.05, 0.1) is 6.67 Å². The first-order valence-electron chi connectivity index (χ1n) is 5.37. The zero-order valence-corrected chi connectivity index (χ0v) is 8.61. The predicted octanol–water partition coefficient (Wildman–Crippen LogP) is 2.14. The number of rotatable bonds is 1. The van der Waals surface area contributed by atoms with Crippen molar-refractivity contribution >= 4 is 11.8 Å². The topological polar surface area (TPSA) is 15.3 Å². The molecule has 15 heavy (non-hydrogen) atoms. The summed E-state index contributed by atoms with van der Waals surface area (Å²) in [6.45, 7) is 1.88. The zero-order valence-electron chi connectivity index (χ0n) is 8.61. The number of hydrogen-bond acceptors (Lipinski definition) is 2. The number of allylic oxidation sites excluding steroid dienone is 1. The van der Waals surface area contributed by atoms with Gasteiger partial charge in [-0.15, -0.1) is 0 Å². The van der Waals surface area contributed by atoms with E-state index in [0.29, 0.717) is 0 Å². The second kappa shape index (κ2) is 3.55. The van der Waals surface area contributed by atoms with E-state index in [4.69, 9.17) is 0 Å². The van der Waals surface area contributed by atoms with Crippen molar-refractivity contribution < 1.29 is 0 Å². The lowest BCUT2D eigenvalue weighted by Gasteiger charge is -2.24. The van der Waals surface area contributed by atoms with Gasteiger partial charge in [0.1, 0.15) is 0 Å². The maximum Gasteiger partial charge on any atom is 0.0728 e. The second-order valence-corrected chi connectivity index (χ2v) is 3.96. The lowest BCUT2D eigenvalue weighted by Crippen LogP contribution is -2.34. The second-order valence-electron chi connectivity index (χ2n) is 3.96. The van der Waals surface area contributed by atoms with E-state index >= 15 is 0 Å². The highest BCUT2D eigenvalue weighted by Crippen LogP contribution is 2.25. The summed E-state index contributed by atoms with van der Waals surface area (Å²) in [7, 11) is 0. The molecule has 0 atom stereocenters. The highest BCUT2D eigenvalue weighted by molar-refractivity contribution is 5.65. The van der Waals surface area contributed by atoms with Crippen LogP contribution in [-0.4, -0.2) is 13.2 Å². The molecule has 0 bridgehead atoms. The van der Waals surface area contributed by atoms with Crippen LogP contribution in [0.1, 0.15) is 11.1 Å². The summed E-state index contributed by atoms with van der Waals surface area (Å²) in [6.07, 6.45) is 9.80. The highest BCUT2D eigenvalue weighted by atomic mass is 15.2. The Morgan fingerprint density at radius 2 is 2.20 bits per heavy atom. The van der Waals surface area contributed by atoms with E-state index in [1.54, 1.807) is 0 Å². The van der Waals surface area contributed by atoms with E-state index in [0.717, 1.165) is 19.6 Å². The lowest BCUT2D eigenvalue weighted by molar-refractivity contribution is 0.721. The number of fused-ring (bicyclic) bond motifs is 1. The maximum atomic E-state index is 3.32. The van der Waals surface area contributed by atoms with Gasteiger partial charge in [0.2, 0.25) is 0 Å². The van der Waals surface area contributed by atoms with Crippen LogP contribution in [0.15, 0.2) is 36.6 Å². The zero-order chi connectivity index (χ0) is 10.1. The Kier molecular flexibility index (Phi) is 2.07. The van der Waals surface area contributed by atoms with Gasteiger partial charge in [0.25, 0.3) is 0 Å². The molecule has 2 nitrogen and oxygen atoms in total. The number of nitrogens with one attached hydrogen (secondary N) is 1. The molecule has 2 aliphatic rings. The van der Waals surface area contributed by atoms with Gasteiger partial charge >= 0.3 is 0 Å². The van der Waals surface area contributed by atoms with E-state index in [2.05, 4.69) is 52.8 Å². The SMILES string of the molecule is C1=CN(c2ccc3c(c2)CC=C3)CNC1. The average molecular weight is 198 g/mol. The molecular formula is C13H14N2. The van der Waals surface area contributed by atoms with E-state index in [1.807, 2.05) is 0 Å². The van der Waals surface area contributed by atoms with Crippen molar-refractivity contribution in [3.63, 3.8) is 0 Å². The number of anilines is 1. The van der Waals surface area contributed by atoms with Crippen molar-refractivity contribution in [3.05, 3.63) is 47.7 Å². The van der Waals surface area contributed by atoms with Gasteiger partial charge in [-0.2, -0.15) is 0 Å². The third-order valence-corrected chi connectivity index (χ3v) is 2.92. The minimum absolute atomic E-state index is 0.905. The summed E-state index contributed by atoms with van der Waals surface area (Å²) in [4.78, 5) is 2.24. The molecule has 0 spiro atoms. The minimum atomic E-state index is 0.905. The molecule has 1 heterocycles. The Morgan fingerprint density at radius 3 is 3.07 bits per heavy atom. The molecule has 3 rings (SSSR count). The van der Waals surface area contributed by atoms with E-state index in [1.165, 1.54) is 16.8 Å². The van der Waals surface area contributed by atoms with Crippen molar-refractivity contribution in [1.29, 1.82) is 0 Å². The molecule has 1 N–H and O–H groups in total. The van der Waals surface area contributed by atoms with Gasteiger partial charge < -0.3 is 4.90 Å². The largest absolute Gasteiger partial charge is 0.335 e. The molecule has 2 heteroatoms. The quantitative estimate of drug-likeness (QED) is 0.743. The Hall–Kier alpha value is -1.54. The predicted molar refractivity (Wildman–Crippen MR) is 63.7 cm³/mol. The van der Waals surface area contributed by atoms with Crippen molar-refractivity contribution in [3.8, 4) is 0 Å². The molecular weight excluding hydrogens is 184 g/mol. The summed E-state index contributed by atoms with van der Waals surface area (Å²) >= 11 is 0. The Balaban J connectivity index is 1.93. The maximum absolute atomic E-state index is 3.32. The third-order valence-electron chi connectivity index (χ3n) is 2.92. The molecule has 76 valence electrons. The average Bonchev–Trinajstić information content (AvgIpc) is 2.77. The fourth-order valence-corrected chi connectivity index (χ4v) is 2.10. The minimum Gasteiger partial charge on any atom is -0.335 e. The molecule has 0 aromatic heterocycles. The van der Waals surface area contributed by atoms with Gasteiger partial charge in [-0.25, -0.2) is 0 Å². The van der Waals surface area contributed by atoms with Crippen LogP contribution in [-0.2, 0) is 6.42 Å². The standard InChI is InChI=1S/C13H14N2/c1-3-11-5-6-13(9-12(11)4-1)15-8-2-7-14-10-15/h1-3,5-6,8-9,14H,4,7,10H2. The monoisotopic (exact) mass is 198 g/mol. The summed E-state index contributed by atoms with van der Waals surface area (Å²) in [6, 6.07) is 6.68. The first-order valence-corrected chi connectivity index (χ1v) is 5.37. The van der Waals surface area contributed by atoms with Crippen LogP contribution in [0, 0.1) is 0 Å². The summed E-state index contributed by atoms with van der Waals surface area (Å²) in [5, 5.41) is 3.32. The Bertz CT molecular complexity index is 432. The molecule has 0 radical (unpaired) electrons. The van der Waals surface area contributed by atoms with E-state index < -0.39 is 0 Å². The fourth-order valence-electron chi connectivity index (χ4n) is 2.10. The van der Waals surface area contributed by atoms with Gasteiger partial charge in [-0.05, 0) is 29.7 Å².